The van der Waals surface area contributed by atoms with Crippen molar-refractivity contribution in [1.29, 1.82) is 0 Å². The molecule has 0 aliphatic carbocycles. The average molecular weight is 226 g/mol. The molecule has 1 aromatic rings. The molecule has 2 N–H and O–H groups in total. The van der Waals surface area contributed by atoms with Crippen LogP contribution in [-0.4, -0.2) is 18.1 Å². The van der Waals surface area contributed by atoms with Crippen LogP contribution < -0.4 is 10.6 Å². The minimum atomic E-state index is 0.474. The maximum atomic E-state index is 5.97. The van der Waals surface area contributed by atoms with Gasteiger partial charge in [0.15, 0.2) is 0 Å². The molecule has 1 saturated heterocycles. The van der Waals surface area contributed by atoms with Crippen LogP contribution in [0, 0.1) is 0 Å². The highest BCUT2D eigenvalue weighted by molar-refractivity contribution is 6.31. The molecule has 2 heterocycles. The molecule has 0 radical (unpaired) electrons. The van der Waals surface area contributed by atoms with Crippen LogP contribution in [0.15, 0.2) is 12.3 Å². The van der Waals surface area contributed by atoms with E-state index < -0.39 is 0 Å². The van der Waals surface area contributed by atoms with Crippen LogP contribution in [-0.2, 0) is 6.54 Å². The Kier molecular flexibility index (Phi) is 3.44. The molecule has 0 amide bonds. The third-order valence-electron chi connectivity index (χ3n) is 2.82. The van der Waals surface area contributed by atoms with Crippen molar-refractivity contribution in [1.82, 2.24) is 4.98 Å². The van der Waals surface area contributed by atoms with Crippen molar-refractivity contribution in [3.63, 3.8) is 0 Å². The van der Waals surface area contributed by atoms with Gasteiger partial charge in [-0.05, 0) is 30.9 Å². The van der Waals surface area contributed by atoms with Gasteiger partial charge in [0.05, 0.1) is 5.02 Å². The Morgan fingerprint density at radius 2 is 2.07 bits per heavy atom. The van der Waals surface area contributed by atoms with E-state index in [1.807, 2.05) is 6.07 Å². The van der Waals surface area contributed by atoms with Gasteiger partial charge in [-0.1, -0.05) is 11.6 Å². The van der Waals surface area contributed by atoms with Crippen LogP contribution in [0.5, 0.6) is 0 Å². The molecule has 1 fully saturated rings. The first-order chi connectivity index (χ1) is 7.31. The first-order valence-electron chi connectivity index (χ1n) is 5.40. The van der Waals surface area contributed by atoms with Crippen molar-refractivity contribution < 1.29 is 0 Å². The van der Waals surface area contributed by atoms with E-state index in [9.17, 15) is 0 Å². The van der Waals surface area contributed by atoms with Gasteiger partial charge in [-0.2, -0.15) is 0 Å². The molecule has 4 heteroatoms. The van der Waals surface area contributed by atoms with Gasteiger partial charge in [-0.3, -0.25) is 0 Å². The number of halogens is 1. The summed E-state index contributed by atoms with van der Waals surface area (Å²) in [4.78, 5) is 6.65. The second-order valence-electron chi connectivity index (χ2n) is 3.89. The van der Waals surface area contributed by atoms with E-state index in [0.717, 1.165) is 24.5 Å². The summed E-state index contributed by atoms with van der Waals surface area (Å²) < 4.78 is 0. The zero-order valence-corrected chi connectivity index (χ0v) is 9.50. The number of anilines is 1. The molecular weight excluding hydrogens is 210 g/mol. The fourth-order valence-corrected chi connectivity index (χ4v) is 2.10. The van der Waals surface area contributed by atoms with Crippen LogP contribution in [0.3, 0.4) is 0 Å². The number of nitrogens with two attached hydrogens (primary N) is 1. The summed E-state index contributed by atoms with van der Waals surface area (Å²) in [6.45, 7) is 2.67. The van der Waals surface area contributed by atoms with E-state index >= 15 is 0 Å². The molecule has 82 valence electrons. The van der Waals surface area contributed by atoms with Gasteiger partial charge in [-0.15, -0.1) is 0 Å². The van der Waals surface area contributed by atoms with E-state index in [-0.39, 0.29) is 0 Å². The predicted octanol–water partition coefficient (Wildman–Crippen LogP) is 2.18. The first-order valence-corrected chi connectivity index (χ1v) is 5.78. The SMILES string of the molecule is NCc1cc(N2CCCCC2)ncc1Cl. The average Bonchev–Trinajstić information content (AvgIpc) is 2.31. The number of piperidine rings is 1. The zero-order valence-electron chi connectivity index (χ0n) is 8.75. The normalized spacial score (nSPS) is 16.8. The molecule has 1 aromatic heterocycles. The van der Waals surface area contributed by atoms with Crippen molar-refractivity contribution in [2.75, 3.05) is 18.0 Å². The minimum Gasteiger partial charge on any atom is -0.357 e. The number of nitrogens with zero attached hydrogens (tertiary/aromatic N) is 2. The lowest BCUT2D eigenvalue weighted by atomic mass is 10.1. The molecule has 2 rings (SSSR count). The van der Waals surface area contributed by atoms with Gasteiger partial charge in [0.25, 0.3) is 0 Å². The summed E-state index contributed by atoms with van der Waals surface area (Å²) in [6, 6.07) is 2.01. The van der Waals surface area contributed by atoms with Crippen molar-refractivity contribution in [3.05, 3.63) is 22.8 Å². The molecule has 0 aromatic carbocycles. The van der Waals surface area contributed by atoms with Gasteiger partial charge in [0.2, 0.25) is 0 Å². The predicted molar refractivity (Wildman–Crippen MR) is 63.2 cm³/mol. The molecule has 0 unspecified atom stereocenters. The van der Waals surface area contributed by atoms with Crippen molar-refractivity contribution >= 4 is 17.4 Å². The van der Waals surface area contributed by atoms with E-state index in [1.165, 1.54) is 19.3 Å². The van der Waals surface area contributed by atoms with Crippen molar-refractivity contribution in [3.8, 4) is 0 Å². The third-order valence-corrected chi connectivity index (χ3v) is 3.16. The monoisotopic (exact) mass is 225 g/mol. The Morgan fingerprint density at radius 1 is 1.33 bits per heavy atom. The Balaban J connectivity index is 2.20. The summed E-state index contributed by atoms with van der Waals surface area (Å²) in [7, 11) is 0. The van der Waals surface area contributed by atoms with Crippen LogP contribution in [0.25, 0.3) is 0 Å². The van der Waals surface area contributed by atoms with E-state index in [0.29, 0.717) is 11.6 Å². The number of hydrogen-bond acceptors (Lipinski definition) is 3. The van der Waals surface area contributed by atoms with Crippen LogP contribution in [0.1, 0.15) is 24.8 Å². The van der Waals surface area contributed by atoms with Gasteiger partial charge in [0.1, 0.15) is 5.82 Å². The largest absolute Gasteiger partial charge is 0.357 e. The quantitative estimate of drug-likeness (QED) is 0.839. The number of rotatable bonds is 2. The fourth-order valence-electron chi connectivity index (χ4n) is 1.92. The smallest absolute Gasteiger partial charge is 0.128 e. The van der Waals surface area contributed by atoms with Gasteiger partial charge >= 0.3 is 0 Å². The molecule has 0 spiro atoms. The Bertz CT molecular complexity index is 335. The number of aromatic nitrogens is 1. The van der Waals surface area contributed by atoms with Crippen LogP contribution in [0.2, 0.25) is 5.02 Å². The van der Waals surface area contributed by atoms with E-state index in [4.69, 9.17) is 17.3 Å². The lowest BCUT2D eigenvalue weighted by Crippen LogP contribution is -2.30. The topological polar surface area (TPSA) is 42.1 Å². The maximum absolute atomic E-state index is 5.97. The standard InChI is InChI=1S/C11H16ClN3/c12-10-8-14-11(6-9(10)7-13)15-4-2-1-3-5-15/h6,8H,1-5,7,13H2. The Hall–Kier alpha value is -0.800. The third kappa shape index (κ3) is 2.41. The highest BCUT2D eigenvalue weighted by Gasteiger charge is 2.13. The highest BCUT2D eigenvalue weighted by Crippen LogP contribution is 2.22. The summed E-state index contributed by atoms with van der Waals surface area (Å²) in [5.74, 6) is 1.01. The Morgan fingerprint density at radius 3 is 2.73 bits per heavy atom. The van der Waals surface area contributed by atoms with Gasteiger partial charge in [-0.25, -0.2) is 4.98 Å². The van der Waals surface area contributed by atoms with Crippen molar-refractivity contribution in [2.45, 2.75) is 25.8 Å². The second kappa shape index (κ2) is 4.81. The fraction of sp³-hybridized carbons (Fsp3) is 0.545. The molecule has 3 nitrogen and oxygen atoms in total. The second-order valence-corrected chi connectivity index (χ2v) is 4.29. The van der Waals surface area contributed by atoms with E-state index in [2.05, 4.69) is 9.88 Å². The lowest BCUT2D eigenvalue weighted by molar-refractivity contribution is 0.573. The van der Waals surface area contributed by atoms with Gasteiger partial charge in [0, 0.05) is 25.8 Å². The summed E-state index contributed by atoms with van der Waals surface area (Å²) in [6.07, 6.45) is 5.53. The summed E-state index contributed by atoms with van der Waals surface area (Å²) in [5.41, 5.74) is 6.60. The maximum Gasteiger partial charge on any atom is 0.128 e. The van der Waals surface area contributed by atoms with E-state index in [1.54, 1.807) is 6.20 Å². The Labute approximate surface area is 95.2 Å². The molecule has 15 heavy (non-hydrogen) atoms. The number of hydrogen-bond donors (Lipinski definition) is 1. The summed E-state index contributed by atoms with van der Waals surface area (Å²) >= 11 is 5.97. The van der Waals surface area contributed by atoms with Crippen molar-refractivity contribution in [2.24, 2.45) is 5.73 Å². The minimum absolute atomic E-state index is 0.474. The molecule has 1 aliphatic rings. The molecule has 0 saturated carbocycles. The zero-order chi connectivity index (χ0) is 10.7. The highest BCUT2D eigenvalue weighted by atomic mass is 35.5. The lowest BCUT2D eigenvalue weighted by Gasteiger charge is -2.28. The van der Waals surface area contributed by atoms with Crippen LogP contribution >= 0.6 is 11.6 Å². The molecule has 1 aliphatic heterocycles. The first kappa shape index (κ1) is 10.7. The number of pyridine rings is 1. The van der Waals surface area contributed by atoms with Crippen LogP contribution in [0.4, 0.5) is 5.82 Å². The summed E-state index contributed by atoms with van der Waals surface area (Å²) in [5, 5.41) is 0.665. The van der Waals surface area contributed by atoms with Gasteiger partial charge < -0.3 is 10.6 Å². The molecule has 0 bridgehead atoms. The molecular formula is C11H16ClN3. The molecule has 0 atom stereocenters.